The predicted molar refractivity (Wildman–Crippen MR) is 103 cm³/mol. The first kappa shape index (κ1) is 17.9. The standard InChI is InChI=1S/C20H20N2O3S/c1-13-18(22-20(26-13)15-7-5-4-6-8-15)19(23)21-12-14-9-10-16(24-2)17(11-14)25-3/h4-11H,12H2,1-3H3,(H,21,23). The van der Waals surface area contributed by atoms with E-state index >= 15 is 0 Å². The molecule has 1 heterocycles. The van der Waals surface area contributed by atoms with Crippen molar-refractivity contribution in [3.8, 4) is 22.1 Å². The fourth-order valence-electron chi connectivity index (χ4n) is 2.57. The monoisotopic (exact) mass is 368 g/mol. The third kappa shape index (κ3) is 3.86. The van der Waals surface area contributed by atoms with Crippen LogP contribution in [0.4, 0.5) is 0 Å². The number of amides is 1. The van der Waals surface area contributed by atoms with E-state index < -0.39 is 0 Å². The Morgan fingerprint density at radius 2 is 1.81 bits per heavy atom. The molecule has 134 valence electrons. The van der Waals surface area contributed by atoms with Crippen molar-refractivity contribution in [1.29, 1.82) is 0 Å². The number of ether oxygens (including phenoxy) is 2. The van der Waals surface area contributed by atoms with Crippen molar-refractivity contribution in [2.75, 3.05) is 14.2 Å². The van der Waals surface area contributed by atoms with Gasteiger partial charge in [-0.3, -0.25) is 4.79 Å². The zero-order valence-corrected chi connectivity index (χ0v) is 15.7. The zero-order chi connectivity index (χ0) is 18.5. The van der Waals surface area contributed by atoms with E-state index in [0.717, 1.165) is 21.0 Å². The molecule has 3 aromatic rings. The molecule has 0 unspecified atom stereocenters. The molecule has 5 nitrogen and oxygen atoms in total. The van der Waals surface area contributed by atoms with Crippen LogP contribution in [-0.4, -0.2) is 25.1 Å². The van der Waals surface area contributed by atoms with Gasteiger partial charge >= 0.3 is 0 Å². The lowest BCUT2D eigenvalue weighted by atomic mass is 10.2. The Balaban J connectivity index is 1.72. The average Bonchev–Trinajstić information content (AvgIpc) is 3.08. The number of nitrogens with zero attached hydrogens (tertiary/aromatic N) is 1. The normalized spacial score (nSPS) is 10.4. The van der Waals surface area contributed by atoms with Crippen LogP contribution in [0.2, 0.25) is 0 Å². The van der Waals surface area contributed by atoms with Crippen LogP contribution in [0, 0.1) is 6.92 Å². The number of methoxy groups -OCH3 is 2. The Labute approximate surface area is 156 Å². The van der Waals surface area contributed by atoms with Crippen molar-refractivity contribution < 1.29 is 14.3 Å². The molecule has 0 spiro atoms. The van der Waals surface area contributed by atoms with E-state index in [0.29, 0.717) is 23.7 Å². The molecule has 3 rings (SSSR count). The zero-order valence-electron chi connectivity index (χ0n) is 14.9. The molecular formula is C20H20N2O3S. The summed E-state index contributed by atoms with van der Waals surface area (Å²) in [7, 11) is 3.18. The summed E-state index contributed by atoms with van der Waals surface area (Å²) in [6, 6.07) is 15.4. The lowest BCUT2D eigenvalue weighted by Gasteiger charge is -2.10. The van der Waals surface area contributed by atoms with Gasteiger partial charge in [0.15, 0.2) is 11.5 Å². The quantitative estimate of drug-likeness (QED) is 0.713. The van der Waals surface area contributed by atoms with E-state index in [4.69, 9.17) is 9.47 Å². The van der Waals surface area contributed by atoms with E-state index in [1.54, 1.807) is 14.2 Å². The van der Waals surface area contributed by atoms with E-state index in [-0.39, 0.29) is 5.91 Å². The van der Waals surface area contributed by atoms with Crippen LogP contribution >= 0.6 is 11.3 Å². The van der Waals surface area contributed by atoms with Gasteiger partial charge in [0.05, 0.1) is 14.2 Å². The summed E-state index contributed by atoms with van der Waals surface area (Å²) in [6.07, 6.45) is 0. The Morgan fingerprint density at radius 1 is 1.08 bits per heavy atom. The van der Waals surface area contributed by atoms with Crippen LogP contribution < -0.4 is 14.8 Å². The topological polar surface area (TPSA) is 60.5 Å². The van der Waals surface area contributed by atoms with E-state index in [1.165, 1.54) is 11.3 Å². The van der Waals surface area contributed by atoms with Gasteiger partial charge in [0.2, 0.25) is 0 Å². The summed E-state index contributed by atoms with van der Waals surface area (Å²) in [5, 5.41) is 3.77. The summed E-state index contributed by atoms with van der Waals surface area (Å²) in [5.74, 6) is 1.11. The van der Waals surface area contributed by atoms with Crippen molar-refractivity contribution in [2.24, 2.45) is 0 Å². The van der Waals surface area contributed by atoms with Crippen molar-refractivity contribution in [3.63, 3.8) is 0 Å². The average molecular weight is 368 g/mol. The maximum absolute atomic E-state index is 12.5. The van der Waals surface area contributed by atoms with Gasteiger partial charge in [-0.05, 0) is 24.6 Å². The van der Waals surface area contributed by atoms with Gasteiger partial charge in [-0.2, -0.15) is 0 Å². The number of aryl methyl sites for hydroxylation is 1. The predicted octanol–water partition coefficient (Wildman–Crippen LogP) is 4.07. The number of benzene rings is 2. The maximum atomic E-state index is 12.5. The fourth-order valence-corrected chi connectivity index (χ4v) is 3.48. The lowest BCUT2D eigenvalue weighted by Crippen LogP contribution is -2.23. The maximum Gasteiger partial charge on any atom is 0.271 e. The van der Waals surface area contributed by atoms with Gasteiger partial charge in [-0.1, -0.05) is 36.4 Å². The molecule has 0 aliphatic carbocycles. The summed E-state index contributed by atoms with van der Waals surface area (Å²) in [5.41, 5.74) is 2.40. The smallest absolute Gasteiger partial charge is 0.271 e. The number of thiazole rings is 1. The molecule has 6 heteroatoms. The second-order valence-electron chi connectivity index (χ2n) is 5.66. The van der Waals surface area contributed by atoms with Crippen molar-refractivity contribution in [3.05, 3.63) is 64.7 Å². The first-order valence-corrected chi connectivity index (χ1v) is 8.96. The molecule has 0 aliphatic rings. The highest BCUT2D eigenvalue weighted by Crippen LogP contribution is 2.28. The highest BCUT2D eigenvalue weighted by Gasteiger charge is 2.16. The lowest BCUT2D eigenvalue weighted by molar-refractivity contribution is 0.0946. The highest BCUT2D eigenvalue weighted by atomic mass is 32.1. The number of carbonyl (C=O) groups excluding carboxylic acids is 1. The molecule has 0 aliphatic heterocycles. The third-order valence-corrected chi connectivity index (χ3v) is 4.95. The first-order chi connectivity index (χ1) is 12.6. The Hall–Kier alpha value is -2.86. The number of hydrogen-bond acceptors (Lipinski definition) is 5. The SMILES string of the molecule is COc1ccc(CNC(=O)c2nc(-c3ccccc3)sc2C)cc1OC. The number of hydrogen-bond donors (Lipinski definition) is 1. The Morgan fingerprint density at radius 3 is 2.50 bits per heavy atom. The Kier molecular flexibility index (Phi) is 5.53. The van der Waals surface area contributed by atoms with Crippen LogP contribution in [0.1, 0.15) is 20.9 Å². The molecule has 2 aromatic carbocycles. The number of nitrogens with one attached hydrogen (secondary N) is 1. The van der Waals surface area contributed by atoms with Crippen LogP contribution in [0.15, 0.2) is 48.5 Å². The van der Waals surface area contributed by atoms with Gasteiger partial charge in [0, 0.05) is 17.0 Å². The van der Waals surface area contributed by atoms with Gasteiger partial charge in [-0.25, -0.2) is 4.98 Å². The molecule has 0 atom stereocenters. The molecule has 0 saturated heterocycles. The van der Waals surface area contributed by atoms with Gasteiger partial charge in [0.25, 0.3) is 5.91 Å². The Bertz CT molecular complexity index is 907. The largest absolute Gasteiger partial charge is 0.493 e. The van der Waals surface area contributed by atoms with Crippen LogP contribution in [0.3, 0.4) is 0 Å². The van der Waals surface area contributed by atoms with E-state index in [2.05, 4.69) is 10.3 Å². The van der Waals surface area contributed by atoms with Crippen LogP contribution in [-0.2, 0) is 6.54 Å². The summed E-state index contributed by atoms with van der Waals surface area (Å²) < 4.78 is 10.5. The molecule has 1 N–H and O–H groups in total. The molecule has 0 bridgehead atoms. The third-order valence-electron chi connectivity index (χ3n) is 3.93. The fraction of sp³-hybridized carbons (Fsp3) is 0.200. The number of rotatable bonds is 6. The summed E-state index contributed by atoms with van der Waals surface area (Å²) >= 11 is 1.52. The second kappa shape index (κ2) is 8.01. The highest BCUT2D eigenvalue weighted by molar-refractivity contribution is 7.15. The molecule has 1 aromatic heterocycles. The summed E-state index contributed by atoms with van der Waals surface area (Å²) in [4.78, 5) is 18.0. The van der Waals surface area contributed by atoms with Crippen molar-refractivity contribution in [1.82, 2.24) is 10.3 Å². The van der Waals surface area contributed by atoms with Crippen LogP contribution in [0.5, 0.6) is 11.5 Å². The first-order valence-electron chi connectivity index (χ1n) is 8.14. The molecular weight excluding hydrogens is 348 g/mol. The number of carbonyl (C=O) groups is 1. The van der Waals surface area contributed by atoms with Crippen molar-refractivity contribution in [2.45, 2.75) is 13.5 Å². The molecule has 0 saturated carbocycles. The molecule has 1 amide bonds. The number of aromatic nitrogens is 1. The summed E-state index contributed by atoms with van der Waals surface area (Å²) in [6.45, 7) is 2.30. The van der Waals surface area contributed by atoms with Crippen molar-refractivity contribution >= 4 is 17.2 Å². The second-order valence-corrected chi connectivity index (χ2v) is 6.87. The van der Waals surface area contributed by atoms with Gasteiger partial charge < -0.3 is 14.8 Å². The van der Waals surface area contributed by atoms with E-state index in [9.17, 15) is 4.79 Å². The van der Waals surface area contributed by atoms with Gasteiger partial charge in [-0.15, -0.1) is 11.3 Å². The molecule has 26 heavy (non-hydrogen) atoms. The molecule has 0 fully saturated rings. The minimum Gasteiger partial charge on any atom is -0.493 e. The minimum atomic E-state index is -0.185. The minimum absolute atomic E-state index is 0.185. The van der Waals surface area contributed by atoms with Gasteiger partial charge in [0.1, 0.15) is 10.7 Å². The molecule has 0 radical (unpaired) electrons. The van der Waals surface area contributed by atoms with Crippen LogP contribution in [0.25, 0.3) is 10.6 Å². The van der Waals surface area contributed by atoms with E-state index in [1.807, 2.05) is 55.5 Å².